The molecule has 1 atom stereocenters. The Labute approximate surface area is 170 Å². The lowest BCUT2D eigenvalue weighted by Crippen LogP contribution is -2.18. The Morgan fingerprint density at radius 1 is 1.24 bits per heavy atom. The highest BCUT2D eigenvalue weighted by atomic mass is 32.1. The smallest absolute Gasteiger partial charge is 0.217 e. The first-order valence-electron chi connectivity index (χ1n) is 9.02. The number of anilines is 1. The van der Waals surface area contributed by atoms with Crippen molar-refractivity contribution in [3.05, 3.63) is 53.0 Å². The Bertz CT molecular complexity index is 950. The number of nitrogens with one attached hydrogen (secondary N) is 2. The third-order valence-electron chi connectivity index (χ3n) is 3.96. The summed E-state index contributed by atoms with van der Waals surface area (Å²) in [5.41, 5.74) is 0.745. The molecule has 152 valence electrons. The lowest BCUT2D eigenvalue weighted by Gasteiger charge is -2.09. The zero-order valence-electron chi connectivity index (χ0n) is 15.7. The number of hydrogen-bond acceptors (Lipinski definition) is 7. The van der Waals surface area contributed by atoms with Crippen molar-refractivity contribution in [1.82, 2.24) is 25.5 Å². The molecule has 0 unspecified atom stereocenters. The predicted molar refractivity (Wildman–Crippen MR) is 107 cm³/mol. The van der Waals surface area contributed by atoms with E-state index in [1.165, 1.54) is 36.6 Å². The second kappa shape index (κ2) is 9.97. The van der Waals surface area contributed by atoms with Crippen molar-refractivity contribution in [1.29, 1.82) is 0 Å². The monoisotopic (exact) mass is 418 g/mol. The molecule has 10 heteroatoms. The molecule has 0 bridgehead atoms. The van der Waals surface area contributed by atoms with Crippen LogP contribution in [0.5, 0.6) is 0 Å². The van der Waals surface area contributed by atoms with E-state index in [0.29, 0.717) is 29.6 Å². The molecule has 3 aromatic heterocycles. The number of amides is 1. The van der Waals surface area contributed by atoms with Gasteiger partial charge in [-0.25, -0.2) is 13.8 Å². The van der Waals surface area contributed by atoms with E-state index in [9.17, 15) is 13.6 Å². The van der Waals surface area contributed by atoms with Crippen LogP contribution in [0.2, 0.25) is 0 Å². The number of alkyl halides is 1. The van der Waals surface area contributed by atoms with Gasteiger partial charge in [-0.05, 0) is 30.7 Å². The van der Waals surface area contributed by atoms with Crippen LogP contribution in [0.25, 0.3) is 10.7 Å². The van der Waals surface area contributed by atoms with Crippen molar-refractivity contribution in [2.45, 2.75) is 32.5 Å². The van der Waals surface area contributed by atoms with E-state index in [2.05, 4.69) is 30.8 Å². The molecular weight excluding hydrogens is 398 g/mol. The van der Waals surface area contributed by atoms with Gasteiger partial charge in [0.15, 0.2) is 0 Å². The number of aromatic nitrogens is 4. The number of pyridine rings is 1. The summed E-state index contributed by atoms with van der Waals surface area (Å²) < 4.78 is 27.6. The summed E-state index contributed by atoms with van der Waals surface area (Å²) in [7, 11) is 0. The first-order chi connectivity index (χ1) is 14.0. The number of nitrogens with zero attached hydrogens (tertiary/aromatic N) is 4. The summed E-state index contributed by atoms with van der Waals surface area (Å²) >= 11 is 1.42. The molecule has 0 aliphatic rings. The Hall–Kier alpha value is -3.01. The van der Waals surface area contributed by atoms with Crippen LogP contribution >= 0.6 is 11.3 Å². The minimum absolute atomic E-state index is 0.0656. The van der Waals surface area contributed by atoms with Crippen LogP contribution in [-0.2, 0) is 17.8 Å². The number of carbonyl (C=O) groups is 1. The molecule has 0 fully saturated rings. The molecule has 0 aliphatic heterocycles. The molecule has 29 heavy (non-hydrogen) atoms. The first-order valence-corrected chi connectivity index (χ1v) is 9.83. The van der Waals surface area contributed by atoms with E-state index in [1.807, 2.05) is 0 Å². The molecule has 3 aromatic rings. The normalized spacial score (nSPS) is 11.8. The molecule has 1 amide bonds. The Morgan fingerprint density at radius 2 is 2.10 bits per heavy atom. The number of halogens is 2. The molecule has 0 aromatic carbocycles. The standard InChI is InChI=1S/C19H20F2N6OS/c1-12(28)24-10-14-11-25-19(29-14)16-4-5-18(27-26-16)23-8-6-13(20)9-17-15(21)3-2-7-22-17/h2-5,7,11,13H,6,8-10H2,1H3,(H,23,27)(H,24,28)/t13-/m0/s1. The lowest BCUT2D eigenvalue weighted by atomic mass is 10.1. The van der Waals surface area contributed by atoms with E-state index >= 15 is 0 Å². The second-order valence-electron chi connectivity index (χ2n) is 6.29. The Balaban J connectivity index is 1.47. The highest BCUT2D eigenvalue weighted by molar-refractivity contribution is 7.15. The summed E-state index contributed by atoms with van der Waals surface area (Å²) in [5, 5.41) is 14.6. The summed E-state index contributed by atoms with van der Waals surface area (Å²) in [6.07, 6.45) is 2.06. The molecule has 7 nitrogen and oxygen atoms in total. The van der Waals surface area contributed by atoms with Gasteiger partial charge < -0.3 is 10.6 Å². The second-order valence-corrected chi connectivity index (χ2v) is 7.41. The molecule has 0 saturated heterocycles. The summed E-state index contributed by atoms with van der Waals surface area (Å²) in [6.45, 7) is 2.22. The largest absolute Gasteiger partial charge is 0.368 e. The van der Waals surface area contributed by atoms with Crippen LogP contribution in [0, 0.1) is 5.82 Å². The molecule has 2 N–H and O–H groups in total. The van der Waals surface area contributed by atoms with Gasteiger partial charge in [0.1, 0.15) is 28.5 Å². The van der Waals surface area contributed by atoms with Crippen LogP contribution in [-0.4, -0.2) is 38.8 Å². The molecule has 0 aliphatic carbocycles. The van der Waals surface area contributed by atoms with Crippen LogP contribution in [0.4, 0.5) is 14.6 Å². The quantitative estimate of drug-likeness (QED) is 0.555. The minimum atomic E-state index is -1.21. The zero-order chi connectivity index (χ0) is 20.6. The van der Waals surface area contributed by atoms with Crippen molar-refractivity contribution in [2.75, 3.05) is 11.9 Å². The third-order valence-corrected chi connectivity index (χ3v) is 4.98. The number of rotatable bonds is 9. The van der Waals surface area contributed by atoms with Gasteiger partial charge in [0, 0.05) is 37.2 Å². The van der Waals surface area contributed by atoms with E-state index < -0.39 is 12.0 Å². The lowest BCUT2D eigenvalue weighted by molar-refractivity contribution is -0.119. The molecule has 0 radical (unpaired) electrons. The fourth-order valence-electron chi connectivity index (χ4n) is 2.50. The van der Waals surface area contributed by atoms with Crippen molar-refractivity contribution in [3.8, 4) is 10.7 Å². The molecule has 3 heterocycles. The summed E-state index contributed by atoms with van der Waals surface area (Å²) in [6, 6.07) is 6.26. The fraction of sp³-hybridized carbons (Fsp3) is 0.316. The van der Waals surface area contributed by atoms with Crippen molar-refractivity contribution in [3.63, 3.8) is 0 Å². The molecular formula is C19H20F2N6OS. The summed E-state index contributed by atoms with van der Waals surface area (Å²) in [5.74, 6) is -0.0807. The molecule has 0 saturated carbocycles. The van der Waals surface area contributed by atoms with Crippen molar-refractivity contribution < 1.29 is 13.6 Å². The van der Waals surface area contributed by atoms with E-state index in [0.717, 1.165) is 4.88 Å². The van der Waals surface area contributed by atoms with Gasteiger partial charge in [-0.1, -0.05) is 0 Å². The van der Waals surface area contributed by atoms with E-state index in [1.54, 1.807) is 18.3 Å². The average Bonchev–Trinajstić information content (AvgIpc) is 3.18. The van der Waals surface area contributed by atoms with Gasteiger partial charge in [0.2, 0.25) is 5.91 Å². The SMILES string of the molecule is CC(=O)NCc1cnc(-c2ccc(NCC[C@H](F)Cc3ncccc3F)nn2)s1. The Kier molecular flexibility index (Phi) is 7.12. The minimum Gasteiger partial charge on any atom is -0.368 e. The Morgan fingerprint density at radius 3 is 2.83 bits per heavy atom. The average molecular weight is 418 g/mol. The maximum absolute atomic E-state index is 14.1. The van der Waals surface area contributed by atoms with Gasteiger partial charge in [0.05, 0.1) is 12.2 Å². The van der Waals surface area contributed by atoms with E-state index in [4.69, 9.17) is 0 Å². The van der Waals surface area contributed by atoms with Crippen LogP contribution in [0.3, 0.4) is 0 Å². The van der Waals surface area contributed by atoms with Gasteiger partial charge in [0.25, 0.3) is 0 Å². The molecule has 3 rings (SSSR count). The first kappa shape index (κ1) is 20.7. The van der Waals surface area contributed by atoms with Crippen LogP contribution in [0.1, 0.15) is 23.9 Å². The highest BCUT2D eigenvalue weighted by Crippen LogP contribution is 2.23. The van der Waals surface area contributed by atoms with Gasteiger partial charge in [-0.2, -0.15) is 0 Å². The van der Waals surface area contributed by atoms with Gasteiger partial charge in [-0.15, -0.1) is 21.5 Å². The number of hydrogen-bond donors (Lipinski definition) is 2. The van der Waals surface area contributed by atoms with Gasteiger partial charge >= 0.3 is 0 Å². The maximum Gasteiger partial charge on any atom is 0.217 e. The topological polar surface area (TPSA) is 92.7 Å². The van der Waals surface area contributed by atoms with Crippen molar-refractivity contribution >= 4 is 23.1 Å². The van der Waals surface area contributed by atoms with Crippen LogP contribution < -0.4 is 10.6 Å². The fourth-order valence-corrected chi connectivity index (χ4v) is 3.31. The predicted octanol–water partition coefficient (Wildman–Crippen LogP) is 3.15. The van der Waals surface area contributed by atoms with Crippen molar-refractivity contribution in [2.24, 2.45) is 0 Å². The van der Waals surface area contributed by atoms with Gasteiger partial charge in [-0.3, -0.25) is 9.78 Å². The van der Waals surface area contributed by atoms with Crippen LogP contribution in [0.15, 0.2) is 36.7 Å². The molecule has 0 spiro atoms. The third kappa shape index (κ3) is 6.24. The highest BCUT2D eigenvalue weighted by Gasteiger charge is 2.12. The van der Waals surface area contributed by atoms with E-state index in [-0.39, 0.29) is 24.4 Å². The summed E-state index contributed by atoms with van der Waals surface area (Å²) in [4.78, 5) is 20.0. The number of carbonyl (C=O) groups excluding carboxylic acids is 1. The number of thiazole rings is 1. The zero-order valence-corrected chi connectivity index (χ0v) is 16.5. The maximum atomic E-state index is 14.1.